The fraction of sp³-hybridized carbons (Fsp3) is 0.368. The van der Waals surface area contributed by atoms with Crippen LogP contribution in [0.5, 0.6) is 0 Å². The average Bonchev–Trinajstić information content (AvgIpc) is 3.38. The summed E-state index contributed by atoms with van der Waals surface area (Å²) in [4.78, 5) is 17.6. The van der Waals surface area contributed by atoms with E-state index in [2.05, 4.69) is 10.3 Å². The van der Waals surface area contributed by atoms with Gasteiger partial charge in [-0.3, -0.25) is 4.79 Å². The molecule has 0 saturated carbocycles. The van der Waals surface area contributed by atoms with Gasteiger partial charge in [-0.05, 0) is 43.2 Å². The van der Waals surface area contributed by atoms with Gasteiger partial charge in [-0.15, -0.1) is 11.3 Å². The quantitative estimate of drug-likeness (QED) is 0.504. The standard InChI is InChI=1S/C19H21ClN4O5S4/c1-23(2)32(26,27)12-6-7-13-15(11-12)30-19(21-13)22-18(25)14-5-3-4-10-24(14)33(28,29)17-9-8-16(20)31-17/h6-9,11,14H,3-5,10H2,1-2H3,(H,21,22,25). The van der Waals surface area contributed by atoms with Crippen molar-refractivity contribution >= 4 is 75.6 Å². The molecule has 1 saturated heterocycles. The molecule has 3 heterocycles. The van der Waals surface area contributed by atoms with E-state index in [1.165, 1.54) is 42.7 Å². The molecule has 0 radical (unpaired) electrons. The number of carbonyl (C=O) groups excluding carboxylic acids is 1. The molecule has 1 amide bonds. The van der Waals surface area contributed by atoms with Gasteiger partial charge in [0.2, 0.25) is 15.9 Å². The minimum Gasteiger partial charge on any atom is -0.301 e. The number of halogens is 1. The maximum atomic E-state index is 13.1. The molecule has 1 fully saturated rings. The molecule has 1 aliphatic heterocycles. The summed E-state index contributed by atoms with van der Waals surface area (Å²) in [5.41, 5.74) is 0.536. The fourth-order valence-electron chi connectivity index (χ4n) is 3.53. The van der Waals surface area contributed by atoms with Gasteiger partial charge in [-0.1, -0.05) is 29.4 Å². The molecule has 9 nitrogen and oxygen atoms in total. The first-order valence-corrected chi connectivity index (χ1v) is 14.8. The van der Waals surface area contributed by atoms with Crippen molar-refractivity contribution in [2.45, 2.75) is 34.4 Å². The van der Waals surface area contributed by atoms with E-state index in [-0.39, 0.29) is 20.8 Å². The summed E-state index contributed by atoms with van der Waals surface area (Å²) in [7, 11) is -4.57. The Morgan fingerprint density at radius 2 is 1.91 bits per heavy atom. The van der Waals surface area contributed by atoms with Crippen molar-refractivity contribution < 1.29 is 21.6 Å². The predicted octanol–water partition coefficient (Wildman–Crippen LogP) is 3.44. The molecule has 2 aromatic heterocycles. The molecule has 1 aromatic carbocycles. The molecule has 0 spiro atoms. The summed E-state index contributed by atoms with van der Waals surface area (Å²) >= 11 is 8.00. The number of aromatic nitrogens is 1. The Hall–Kier alpha value is -1.61. The van der Waals surface area contributed by atoms with Crippen LogP contribution in [0.3, 0.4) is 0 Å². The van der Waals surface area contributed by atoms with Gasteiger partial charge >= 0.3 is 0 Å². The van der Waals surface area contributed by atoms with Gasteiger partial charge in [-0.25, -0.2) is 26.1 Å². The van der Waals surface area contributed by atoms with Gasteiger partial charge in [0.05, 0.1) is 19.4 Å². The van der Waals surface area contributed by atoms with Crippen LogP contribution in [0.15, 0.2) is 39.4 Å². The molecule has 1 unspecified atom stereocenters. The molecule has 3 aromatic rings. The molecule has 4 rings (SSSR count). The molecule has 0 bridgehead atoms. The van der Waals surface area contributed by atoms with E-state index in [1.807, 2.05) is 0 Å². The second-order valence-corrected chi connectivity index (χ2v) is 14.6. The fourth-order valence-corrected chi connectivity index (χ4v) is 8.70. The van der Waals surface area contributed by atoms with Crippen molar-refractivity contribution in [2.75, 3.05) is 26.0 Å². The number of carbonyl (C=O) groups is 1. The van der Waals surface area contributed by atoms with E-state index in [0.717, 1.165) is 33.4 Å². The highest BCUT2D eigenvalue weighted by Crippen LogP contribution is 2.33. The van der Waals surface area contributed by atoms with E-state index in [9.17, 15) is 21.6 Å². The summed E-state index contributed by atoms with van der Waals surface area (Å²) < 4.78 is 54.4. The Balaban J connectivity index is 1.58. The van der Waals surface area contributed by atoms with E-state index in [4.69, 9.17) is 11.6 Å². The van der Waals surface area contributed by atoms with Crippen LogP contribution in [-0.2, 0) is 24.8 Å². The average molecular weight is 549 g/mol. The Bertz CT molecular complexity index is 1410. The summed E-state index contributed by atoms with van der Waals surface area (Å²) in [5.74, 6) is -0.471. The van der Waals surface area contributed by atoms with Crippen molar-refractivity contribution in [3.8, 4) is 0 Å². The van der Waals surface area contributed by atoms with Crippen LogP contribution in [0, 0.1) is 0 Å². The molecule has 33 heavy (non-hydrogen) atoms. The van der Waals surface area contributed by atoms with Gasteiger partial charge in [0.1, 0.15) is 10.3 Å². The number of nitrogens with zero attached hydrogens (tertiary/aromatic N) is 3. The topological polar surface area (TPSA) is 117 Å². The first-order valence-electron chi connectivity index (χ1n) is 9.91. The van der Waals surface area contributed by atoms with E-state index in [1.54, 1.807) is 6.07 Å². The van der Waals surface area contributed by atoms with Crippen LogP contribution in [0.1, 0.15) is 19.3 Å². The zero-order valence-electron chi connectivity index (χ0n) is 17.7. The van der Waals surface area contributed by atoms with Crippen LogP contribution in [0.2, 0.25) is 4.34 Å². The first-order chi connectivity index (χ1) is 15.5. The summed E-state index contributed by atoms with van der Waals surface area (Å²) in [6.45, 7) is 0.238. The van der Waals surface area contributed by atoms with E-state index < -0.39 is 32.0 Å². The minimum atomic E-state index is -3.86. The molecular formula is C19H21ClN4O5S4. The van der Waals surface area contributed by atoms with Crippen molar-refractivity contribution in [3.63, 3.8) is 0 Å². The lowest BCUT2D eigenvalue weighted by Crippen LogP contribution is -2.49. The highest BCUT2D eigenvalue weighted by atomic mass is 35.5. The maximum Gasteiger partial charge on any atom is 0.253 e. The first kappa shape index (κ1) is 24.5. The number of anilines is 1. The second-order valence-electron chi connectivity index (χ2n) is 7.61. The molecule has 178 valence electrons. The normalized spacial score (nSPS) is 18.1. The number of rotatable bonds is 6. The lowest BCUT2D eigenvalue weighted by Gasteiger charge is -2.32. The molecule has 1 aliphatic rings. The van der Waals surface area contributed by atoms with E-state index in [0.29, 0.717) is 27.4 Å². The Labute approximate surface area is 205 Å². The van der Waals surface area contributed by atoms with Crippen LogP contribution in [0.4, 0.5) is 5.13 Å². The maximum absolute atomic E-state index is 13.1. The van der Waals surface area contributed by atoms with Crippen molar-refractivity contribution in [1.29, 1.82) is 0 Å². The number of fused-ring (bicyclic) bond motifs is 1. The Kier molecular flexibility index (Phi) is 6.84. The van der Waals surface area contributed by atoms with Gasteiger partial charge in [0.15, 0.2) is 5.13 Å². The summed E-state index contributed by atoms with van der Waals surface area (Å²) in [5, 5.41) is 3.00. The number of piperidine rings is 1. The number of amides is 1. The largest absolute Gasteiger partial charge is 0.301 e. The third-order valence-electron chi connectivity index (χ3n) is 5.24. The number of nitrogens with one attached hydrogen (secondary N) is 1. The Morgan fingerprint density at radius 1 is 1.15 bits per heavy atom. The number of benzene rings is 1. The van der Waals surface area contributed by atoms with Crippen LogP contribution in [-0.4, -0.2) is 63.0 Å². The summed E-state index contributed by atoms with van der Waals surface area (Å²) in [6, 6.07) is 6.64. The monoisotopic (exact) mass is 548 g/mol. The highest BCUT2D eigenvalue weighted by molar-refractivity contribution is 7.91. The number of thiophene rings is 1. The summed E-state index contributed by atoms with van der Waals surface area (Å²) in [6.07, 6.45) is 1.77. The van der Waals surface area contributed by atoms with Gasteiger partial charge in [0, 0.05) is 20.6 Å². The van der Waals surface area contributed by atoms with Gasteiger partial charge in [0.25, 0.3) is 10.0 Å². The zero-order valence-corrected chi connectivity index (χ0v) is 21.7. The number of sulfonamides is 2. The van der Waals surface area contributed by atoms with Crippen molar-refractivity contribution in [1.82, 2.24) is 13.6 Å². The molecule has 0 aliphatic carbocycles. The number of hydrogen-bond donors (Lipinski definition) is 1. The highest BCUT2D eigenvalue weighted by Gasteiger charge is 2.38. The van der Waals surface area contributed by atoms with Crippen molar-refractivity contribution in [3.05, 3.63) is 34.7 Å². The molecule has 1 atom stereocenters. The van der Waals surface area contributed by atoms with Crippen LogP contribution >= 0.6 is 34.3 Å². The van der Waals surface area contributed by atoms with Crippen LogP contribution < -0.4 is 5.32 Å². The second kappa shape index (κ2) is 9.21. The van der Waals surface area contributed by atoms with Gasteiger partial charge < -0.3 is 5.32 Å². The SMILES string of the molecule is CN(C)S(=O)(=O)c1ccc2nc(NC(=O)C3CCCCN3S(=O)(=O)c3ccc(Cl)s3)sc2c1. The Morgan fingerprint density at radius 3 is 2.58 bits per heavy atom. The minimum absolute atomic E-state index is 0.0989. The lowest BCUT2D eigenvalue weighted by molar-refractivity contribution is -0.120. The molecular weight excluding hydrogens is 528 g/mol. The predicted molar refractivity (Wildman–Crippen MR) is 130 cm³/mol. The molecule has 1 N–H and O–H groups in total. The number of thiazole rings is 1. The third-order valence-corrected chi connectivity index (χ3v) is 11.6. The van der Waals surface area contributed by atoms with Crippen molar-refractivity contribution in [2.24, 2.45) is 0 Å². The van der Waals surface area contributed by atoms with Gasteiger partial charge in [-0.2, -0.15) is 4.31 Å². The smallest absolute Gasteiger partial charge is 0.253 e. The van der Waals surface area contributed by atoms with Crippen LogP contribution in [0.25, 0.3) is 10.2 Å². The number of hydrogen-bond acceptors (Lipinski definition) is 8. The lowest BCUT2D eigenvalue weighted by atomic mass is 10.0. The van der Waals surface area contributed by atoms with E-state index >= 15 is 0 Å². The zero-order chi connectivity index (χ0) is 24.0. The molecule has 14 heteroatoms. The third kappa shape index (κ3) is 4.81.